The van der Waals surface area contributed by atoms with Crippen molar-refractivity contribution in [2.75, 3.05) is 13.1 Å². The van der Waals surface area contributed by atoms with Gasteiger partial charge in [0.2, 0.25) is 0 Å². The van der Waals surface area contributed by atoms with Crippen LogP contribution in [-0.2, 0) is 5.41 Å². The van der Waals surface area contributed by atoms with Crippen LogP contribution in [0.1, 0.15) is 12.0 Å². The van der Waals surface area contributed by atoms with Crippen LogP contribution in [0.15, 0.2) is 18.2 Å². The number of halogens is 5. The molecule has 0 spiro atoms. The molecule has 0 radical (unpaired) electrons. The summed E-state index contributed by atoms with van der Waals surface area (Å²) in [5.41, 5.74) is -1.68. The van der Waals surface area contributed by atoms with E-state index in [1.807, 2.05) is 0 Å². The van der Waals surface area contributed by atoms with E-state index < -0.39 is 11.6 Å². The summed E-state index contributed by atoms with van der Waals surface area (Å²) in [7, 11) is 0. The third-order valence-corrected chi connectivity index (χ3v) is 3.91. The lowest BCUT2D eigenvalue weighted by molar-refractivity contribution is -0.184. The Balaban J connectivity index is 2.50. The predicted molar refractivity (Wildman–Crippen MR) is 61.7 cm³/mol. The fraction of sp³-hybridized carbons (Fsp3) is 0.455. The van der Waals surface area contributed by atoms with Gasteiger partial charge in [-0.05, 0) is 30.7 Å². The molecule has 1 aromatic rings. The molecule has 0 bridgehead atoms. The molecule has 1 aliphatic heterocycles. The summed E-state index contributed by atoms with van der Waals surface area (Å²) in [4.78, 5) is 0. The molecular weight excluding hydrogens is 274 g/mol. The fourth-order valence-electron chi connectivity index (χ4n) is 2.14. The standard InChI is InChI=1S/C11H10Cl2F3N/c12-8-2-1-7(5-9(8)13)10(11(14,15)16)3-4-17-6-10/h1-2,5,17H,3-4,6H2/t10-/m0/s1. The van der Waals surface area contributed by atoms with Crippen molar-refractivity contribution in [2.24, 2.45) is 0 Å². The molecule has 94 valence electrons. The van der Waals surface area contributed by atoms with Gasteiger partial charge in [-0.25, -0.2) is 0 Å². The summed E-state index contributed by atoms with van der Waals surface area (Å²) in [6.45, 7) is 0.230. The summed E-state index contributed by atoms with van der Waals surface area (Å²) < 4.78 is 39.7. The van der Waals surface area contributed by atoms with Crippen molar-refractivity contribution in [1.29, 1.82) is 0 Å². The quantitative estimate of drug-likeness (QED) is 0.827. The fourth-order valence-corrected chi connectivity index (χ4v) is 2.44. The molecule has 1 saturated heterocycles. The van der Waals surface area contributed by atoms with Crippen LogP contribution in [0, 0.1) is 0 Å². The Morgan fingerprint density at radius 2 is 1.88 bits per heavy atom. The van der Waals surface area contributed by atoms with E-state index in [9.17, 15) is 13.2 Å². The van der Waals surface area contributed by atoms with Crippen LogP contribution in [0.5, 0.6) is 0 Å². The van der Waals surface area contributed by atoms with Gasteiger partial charge in [-0.3, -0.25) is 0 Å². The first-order chi connectivity index (χ1) is 7.87. The smallest absolute Gasteiger partial charge is 0.315 e. The van der Waals surface area contributed by atoms with Crippen molar-refractivity contribution >= 4 is 23.2 Å². The zero-order valence-corrected chi connectivity index (χ0v) is 10.3. The molecule has 1 fully saturated rings. The van der Waals surface area contributed by atoms with Crippen LogP contribution in [0.4, 0.5) is 13.2 Å². The van der Waals surface area contributed by atoms with E-state index in [2.05, 4.69) is 5.32 Å². The monoisotopic (exact) mass is 283 g/mol. The molecule has 1 nitrogen and oxygen atoms in total. The molecular formula is C11H10Cl2F3N. The Kier molecular flexibility index (Phi) is 3.31. The first-order valence-electron chi connectivity index (χ1n) is 5.10. The Labute approximate surface area is 107 Å². The summed E-state index contributed by atoms with van der Waals surface area (Å²) in [5, 5.41) is 3.17. The van der Waals surface area contributed by atoms with Gasteiger partial charge in [0, 0.05) is 6.54 Å². The molecule has 1 aliphatic rings. The van der Waals surface area contributed by atoms with Gasteiger partial charge in [-0.2, -0.15) is 13.2 Å². The highest BCUT2D eigenvalue weighted by Crippen LogP contribution is 2.46. The number of benzene rings is 1. The van der Waals surface area contributed by atoms with Gasteiger partial charge in [0.15, 0.2) is 0 Å². The van der Waals surface area contributed by atoms with E-state index in [0.29, 0.717) is 6.54 Å². The molecule has 17 heavy (non-hydrogen) atoms. The van der Waals surface area contributed by atoms with Gasteiger partial charge in [0.25, 0.3) is 0 Å². The summed E-state index contributed by atoms with van der Waals surface area (Å²) >= 11 is 11.5. The van der Waals surface area contributed by atoms with Crippen LogP contribution in [0.2, 0.25) is 10.0 Å². The molecule has 0 aromatic heterocycles. The first-order valence-corrected chi connectivity index (χ1v) is 5.85. The Morgan fingerprint density at radius 1 is 1.18 bits per heavy atom. The van der Waals surface area contributed by atoms with E-state index in [0.717, 1.165) is 0 Å². The van der Waals surface area contributed by atoms with Crippen LogP contribution in [0.25, 0.3) is 0 Å². The Morgan fingerprint density at radius 3 is 2.35 bits per heavy atom. The highest BCUT2D eigenvalue weighted by molar-refractivity contribution is 6.42. The third-order valence-electron chi connectivity index (χ3n) is 3.17. The molecule has 6 heteroatoms. The minimum absolute atomic E-state index is 0.0223. The second-order valence-corrected chi connectivity index (χ2v) is 4.95. The average Bonchev–Trinajstić information content (AvgIpc) is 2.71. The maximum Gasteiger partial charge on any atom is 0.399 e. The molecule has 1 aromatic carbocycles. The Hall–Kier alpha value is -0.450. The van der Waals surface area contributed by atoms with Crippen molar-refractivity contribution < 1.29 is 13.2 Å². The molecule has 1 N–H and O–H groups in total. The van der Waals surface area contributed by atoms with E-state index in [1.54, 1.807) is 0 Å². The first kappa shape index (κ1) is 13.0. The summed E-state index contributed by atoms with van der Waals surface area (Å²) in [6, 6.07) is 4.12. The van der Waals surface area contributed by atoms with Crippen molar-refractivity contribution in [3.8, 4) is 0 Å². The normalized spacial score (nSPS) is 25.2. The Bertz CT molecular complexity index is 425. The van der Waals surface area contributed by atoms with Crippen molar-refractivity contribution in [3.05, 3.63) is 33.8 Å². The number of alkyl halides is 3. The van der Waals surface area contributed by atoms with Crippen molar-refractivity contribution in [1.82, 2.24) is 5.32 Å². The maximum absolute atomic E-state index is 13.2. The molecule has 0 amide bonds. The van der Waals surface area contributed by atoms with Crippen molar-refractivity contribution in [3.63, 3.8) is 0 Å². The summed E-state index contributed by atoms with van der Waals surface area (Å²) in [5.74, 6) is 0. The maximum atomic E-state index is 13.2. The van der Waals surface area contributed by atoms with Crippen LogP contribution >= 0.6 is 23.2 Å². The second-order valence-electron chi connectivity index (χ2n) is 4.14. The molecule has 0 saturated carbocycles. The lowest BCUT2D eigenvalue weighted by Crippen LogP contribution is -2.44. The van der Waals surface area contributed by atoms with Gasteiger partial charge >= 0.3 is 6.18 Å². The zero-order valence-electron chi connectivity index (χ0n) is 8.74. The van der Waals surface area contributed by atoms with E-state index in [-0.39, 0.29) is 28.6 Å². The van der Waals surface area contributed by atoms with E-state index in [1.165, 1.54) is 18.2 Å². The molecule has 1 atom stereocenters. The molecule has 0 unspecified atom stereocenters. The topological polar surface area (TPSA) is 12.0 Å². The van der Waals surface area contributed by atoms with E-state index in [4.69, 9.17) is 23.2 Å². The van der Waals surface area contributed by atoms with Gasteiger partial charge in [0.1, 0.15) is 5.41 Å². The third kappa shape index (κ3) is 2.14. The van der Waals surface area contributed by atoms with Gasteiger partial charge in [0.05, 0.1) is 10.0 Å². The number of nitrogens with one attached hydrogen (secondary N) is 1. The van der Waals surface area contributed by atoms with Gasteiger partial charge in [-0.1, -0.05) is 29.3 Å². The number of hydrogen-bond donors (Lipinski definition) is 1. The number of rotatable bonds is 1. The SMILES string of the molecule is FC(F)(F)[C@@]1(c2ccc(Cl)c(Cl)c2)CCNC1. The molecule has 1 heterocycles. The highest BCUT2D eigenvalue weighted by Gasteiger charge is 2.57. The lowest BCUT2D eigenvalue weighted by Gasteiger charge is -2.31. The van der Waals surface area contributed by atoms with Gasteiger partial charge in [-0.15, -0.1) is 0 Å². The average molecular weight is 284 g/mol. The molecule has 0 aliphatic carbocycles. The van der Waals surface area contributed by atoms with Crippen LogP contribution in [0.3, 0.4) is 0 Å². The minimum atomic E-state index is -4.30. The minimum Gasteiger partial charge on any atom is -0.315 e. The van der Waals surface area contributed by atoms with Gasteiger partial charge < -0.3 is 5.32 Å². The van der Waals surface area contributed by atoms with Crippen LogP contribution in [-0.4, -0.2) is 19.3 Å². The second kappa shape index (κ2) is 4.34. The van der Waals surface area contributed by atoms with E-state index >= 15 is 0 Å². The molecule has 2 rings (SSSR count). The highest BCUT2D eigenvalue weighted by atomic mass is 35.5. The zero-order chi connectivity index (χ0) is 12.7. The lowest BCUT2D eigenvalue weighted by atomic mass is 9.79. The largest absolute Gasteiger partial charge is 0.399 e. The van der Waals surface area contributed by atoms with Crippen molar-refractivity contribution in [2.45, 2.75) is 18.0 Å². The summed E-state index contributed by atoms with van der Waals surface area (Å²) in [6.07, 6.45) is -4.28. The van der Waals surface area contributed by atoms with Crippen LogP contribution < -0.4 is 5.32 Å². The predicted octanol–water partition coefficient (Wildman–Crippen LogP) is 3.79. The number of hydrogen-bond acceptors (Lipinski definition) is 1.